The minimum atomic E-state index is -0.812. The monoisotopic (exact) mass is 219 g/mol. The molecule has 0 amide bonds. The average molecular weight is 219 g/mol. The van der Waals surface area contributed by atoms with Crippen molar-refractivity contribution >= 4 is 0 Å². The van der Waals surface area contributed by atoms with Crippen LogP contribution in [0.5, 0.6) is 0 Å². The molecule has 0 aromatic carbocycles. The first kappa shape index (κ1) is 10.7. The lowest BCUT2D eigenvalue weighted by atomic mass is 10.0. The SMILES string of the molecule is CCc1cccnc1-c1c(F)[c]ncc1F. The molecule has 1 radical (unpaired) electrons. The minimum absolute atomic E-state index is 0.160. The van der Waals surface area contributed by atoms with E-state index in [0.29, 0.717) is 12.1 Å². The van der Waals surface area contributed by atoms with Gasteiger partial charge in [0.2, 0.25) is 0 Å². The van der Waals surface area contributed by atoms with E-state index in [1.165, 1.54) is 6.20 Å². The van der Waals surface area contributed by atoms with Gasteiger partial charge in [0.05, 0.1) is 17.5 Å². The number of aryl methyl sites for hydroxylation is 1. The lowest BCUT2D eigenvalue weighted by molar-refractivity contribution is 0.576. The van der Waals surface area contributed by atoms with Crippen molar-refractivity contribution in [3.63, 3.8) is 0 Å². The van der Waals surface area contributed by atoms with Gasteiger partial charge in [-0.3, -0.25) is 4.98 Å². The molecule has 0 atom stereocenters. The Labute approximate surface area is 92.0 Å². The fraction of sp³-hybridized carbons (Fsp3) is 0.167. The van der Waals surface area contributed by atoms with Gasteiger partial charge in [0.15, 0.2) is 11.6 Å². The number of hydrogen-bond donors (Lipinski definition) is 0. The minimum Gasteiger partial charge on any atom is -0.256 e. The van der Waals surface area contributed by atoms with Crippen molar-refractivity contribution in [2.24, 2.45) is 0 Å². The second-order valence-electron chi connectivity index (χ2n) is 3.27. The summed E-state index contributed by atoms with van der Waals surface area (Å²) in [6.45, 7) is 1.90. The highest BCUT2D eigenvalue weighted by atomic mass is 19.1. The van der Waals surface area contributed by atoms with Crippen LogP contribution in [-0.4, -0.2) is 9.97 Å². The molecule has 81 valence electrons. The first-order valence-electron chi connectivity index (χ1n) is 4.90. The topological polar surface area (TPSA) is 25.8 Å². The van der Waals surface area contributed by atoms with E-state index in [2.05, 4.69) is 16.2 Å². The van der Waals surface area contributed by atoms with Crippen molar-refractivity contribution in [2.45, 2.75) is 13.3 Å². The van der Waals surface area contributed by atoms with E-state index in [1.807, 2.05) is 6.92 Å². The first-order chi connectivity index (χ1) is 7.74. The molecule has 0 spiro atoms. The molecule has 0 saturated carbocycles. The molecule has 2 aromatic heterocycles. The molecule has 4 heteroatoms. The Morgan fingerprint density at radius 3 is 2.88 bits per heavy atom. The van der Waals surface area contributed by atoms with Crippen LogP contribution in [0.4, 0.5) is 8.78 Å². The van der Waals surface area contributed by atoms with Gasteiger partial charge in [-0.1, -0.05) is 13.0 Å². The van der Waals surface area contributed by atoms with Crippen molar-refractivity contribution in [1.82, 2.24) is 9.97 Å². The third-order valence-electron chi connectivity index (χ3n) is 2.31. The molecular weight excluding hydrogens is 210 g/mol. The van der Waals surface area contributed by atoms with Gasteiger partial charge < -0.3 is 0 Å². The van der Waals surface area contributed by atoms with E-state index in [1.54, 1.807) is 12.1 Å². The van der Waals surface area contributed by atoms with Crippen LogP contribution in [0, 0.1) is 17.8 Å². The molecule has 0 fully saturated rings. The molecule has 0 saturated heterocycles. The van der Waals surface area contributed by atoms with Crippen molar-refractivity contribution in [1.29, 1.82) is 0 Å². The summed E-state index contributed by atoms with van der Waals surface area (Å²) < 4.78 is 26.9. The Morgan fingerprint density at radius 1 is 1.38 bits per heavy atom. The van der Waals surface area contributed by atoms with Crippen LogP contribution >= 0.6 is 0 Å². The van der Waals surface area contributed by atoms with Gasteiger partial charge in [0.25, 0.3) is 0 Å². The smallest absolute Gasteiger partial charge is 0.163 e. The maximum atomic E-state index is 13.5. The Morgan fingerprint density at radius 2 is 2.19 bits per heavy atom. The van der Waals surface area contributed by atoms with Crippen molar-refractivity contribution in [2.75, 3.05) is 0 Å². The predicted octanol–water partition coefficient (Wildman–Crippen LogP) is 2.78. The van der Waals surface area contributed by atoms with E-state index < -0.39 is 11.6 Å². The third-order valence-corrected chi connectivity index (χ3v) is 2.31. The van der Waals surface area contributed by atoms with Crippen LogP contribution < -0.4 is 0 Å². The predicted molar refractivity (Wildman–Crippen MR) is 55.6 cm³/mol. The fourth-order valence-corrected chi connectivity index (χ4v) is 1.54. The maximum Gasteiger partial charge on any atom is 0.163 e. The molecule has 0 aliphatic rings. The lowest BCUT2D eigenvalue weighted by Crippen LogP contribution is -1.98. The second-order valence-corrected chi connectivity index (χ2v) is 3.27. The fourth-order valence-electron chi connectivity index (χ4n) is 1.54. The normalized spacial score (nSPS) is 10.4. The zero-order chi connectivity index (χ0) is 11.5. The van der Waals surface area contributed by atoms with Gasteiger partial charge in [-0.05, 0) is 18.1 Å². The van der Waals surface area contributed by atoms with E-state index in [0.717, 1.165) is 11.8 Å². The zero-order valence-corrected chi connectivity index (χ0v) is 8.67. The Kier molecular flexibility index (Phi) is 2.90. The summed E-state index contributed by atoms with van der Waals surface area (Å²) in [7, 11) is 0. The summed E-state index contributed by atoms with van der Waals surface area (Å²) >= 11 is 0. The van der Waals surface area contributed by atoms with Gasteiger partial charge >= 0.3 is 0 Å². The van der Waals surface area contributed by atoms with Crippen LogP contribution in [-0.2, 0) is 6.42 Å². The summed E-state index contributed by atoms with van der Waals surface area (Å²) in [5.41, 5.74) is 0.950. The van der Waals surface area contributed by atoms with Gasteiger partial charge in [-0.15, -0.1) is 0 Å². The number of hydrogen-bond acceptors (Lipinski definition) is 2. The number of halogens is 2. The van der Waals surface area contributed by atoms with E-state index in [9.17, 15) is 8.78 Å². The molecule has 2 heterocycles. The Balaban J connectivity index is 2.67. The molecule has 0 bridgehead atoms. The molecule has 0 N–H and O–H groups in total. The van der Waals surface area contributed by atoms with E-state index in [-0.39, 0.29) is 5.56 Å². The summed E-state index contributed by atoms with van der Waals surface area (Å²) in [5.74, 6) is -1.53. The summed E-state index contributed by atoms with van der Waals surface area (Å²) in [4.78, 5) is 7.34. The van der Waals surface area contributed by atoms with Gasteiger partial charge in [0, 0.05) is 6.20 Å². The summed E-state index contributed by atoms with van der Waals surface area (Å²) in [6, 6.07) is 3.53. The Hall–Kier alpha value is -1.84. The molecule has 0 aliphatic carbocycles. The highest BCUT2D eigenvalue weighted by molar-refractivity contribution is 5.63. The zero-order valence-electron chi connectivity index (χ0n) is 8.67. The largest absolute Gasteiger partial charge is 0.256 e. The average Bonchev–Trinajstić information content (AvgIpc) is 2.29. The highest BCUT2D eigenvalue weighted by Crippen LogP contribution is 2.26. The highest BCUT2D eigenvalue weighted by Gasteiger charge is 2.15. The molecule has 2 aromatic rings. The van der Waals surface area contributed by atoms with E-state index >= 15 is 0 Å². The number of nitrogens with zero attached hydrogens (tertiary/aromatic N) is 2. The van der Waals surface area contributed by atoms with Crippen LogP contribution in [0.25, 0.3) is 11.3 Å². The van der Waals surface area contributed by atoms with Crippen LogP contribution in [0.2, 0.25) is 0 Å². The van der Waals surface area contributed by atoms with E-state index in [4.69, 9.17) is 0 Å². The van der Waals surface area contributed by atoms with Crippen LogP contribution in [0.3, 0.4) is 0 Å². The van der Waals surface area contributed by atoms with Gasteiger partial charge in [-0.2, -0.15) is 0 Å². The second kappa shape index (κ2) is 4.35. The quantitative estimate of drug-likeness (QED) is 0.776. The Bertz CT molecular complexity index is 492. The lowest BCUT2D eigenvalue weighted by Gasteiger charge is -2.07. The molecule has 16 heavy (non-hydrogen) atoms. The number of aromatic nitrogens is 2. The first-order valence-corrected chi connectivity index (χ1v) is 4.90. The molecule has 2 rings (SSSR count). The molecule has 2 nitrogen and oxygen atoms in total. The van der Waals surface area contributed by atoms with Crippen LogP contribution in [0.1, 0.15) is 12.5 Å². The summed E-state index contributed by atoms with van der Waals surface area (Å²) in [6.07, 6.45) is 5.20. The van der Waals surface area contributed by atoms with Crippen molar-refractivity contribution in [3.05, 3.63) is 47.9 Å². The maximum absolute atomic E-state index is 13.5. The molecule has 0 unspecified atom stereocenters. The van der Waals surface area contributed by atoms with Gasteiger partial charge in [-0.25, -0.2) is 13.8 Å². The standard InChI is InChI=1S/C12H9F2N2/c1-2-8-4-3-5-16-12(8)11-9(13)6-15-7-10(11)14/h3-6H,2H2,1H3. The number of pyridine rings is 2. The van der Waals surface area contributed by atoms with Crippen molar-refractivity contribution in [3.8, 4) is 11.3 Å². The van der Waals surface area contributed by atoms with Gasteiger partial charge in [0.1, 0.15) is 6.20 Å². The number of rotatable bonds is 2. The molecule has 0 aliphatic heterocycles. The molecular formula is C12H9F2N2. The van der Waals surface area contributed by atoms with Crippen LogP contribution in [0.15, 0.2) is 24.5 Å². The van der Waals surface area contributed by atoms with Crippen molar-refractivity contribution < 1.29 is 8.78 Å². The third kappa shape index (κ3) is 1.78. The summed E-state index contributed by atoms with van der Waals surface area (Å²) in [5, 5.41) is 0.